The summed E-state index contributed by atoms with van der Waals surface area (Å²) in [6.07, 6.45) is 1.55. The second-order valence-corrected chi connectivity index (χ2v) is 6.33. The molecule has 8 heteroatoms. The van der Waals surface area contributed by atoms with E-state index in [1.165, 1.54) is 0 Å². The molecule has 0 saturated carbocycles. The lowest BCUT2D eigenvalue weighted by atomic mass is 10.2. The highest BCUT2D eigenvalue weighted by atomic mass is 32.2. The quantitative estimate of drug-likeness (QED) is 0.322. The molecule has 1 aromatic rings. The summed E-state index contributed by atoms with van der Waals surface area (Å²) in [6.45, 7) is 0.893. The Bertz CT molecular complexity index is 556. The van der Waals surface area contributed by atoms with Crippen molar-refractivity contribution in [2.45, 2.75) is 0 Å². The van der Waals surface area contributed by atoms with Crippen LogP contribution in [0.25, 0.3) is 0 Å². The number of nitrogens with two attached hydrogens (primary N) is 1. The monoisotopic (exact) mass is 270 g/mol. The van der Waals surface area contributed by atoms with Gasteiger partial charge in [-0.3, -0.25) is 4.98 Å². The van der Waals surface area contributed by atoms with E-state index in [4.69, 9.17) is 10.9 Å². The van der Waals surface area contributed by atoms with E-state index in [1.807, 2.05) is 4.90 Å². The van der Waals surface area contributed by atoms with Crippen molar-refractivity contribution < 1.29 is 13.6 Å². The highest BCUT2D eigenvalue weighted by Gasteiger charge is 2.22. The number of aromatic nitrogens is 1. The summed E-state index contributed by atoms with van der Waals surface area (Å²) < 4.78 is 22.7. The number of anilines is 1. The molecule has 0 bridgehead atoms. The van der Waals surface area contributed by atoms with Crippen molar-refractivity contribution >= 4 is 21.4 Å². The molecule has 98 valence electrons. The number of pyridine rings is 1. The van der Waals surface area contributed by atoms with Crippen molar-refractivity contribution in [1.82, 2.24) is 4.98 Å². The summed E-state index contributed by atoms with van der Waals surface area (Å²) in [5.41, 5.74) is 6.64. The number of amidine groups is 1. The Kier molecular flexibility index (Phi) is 3.37. The maximum Gasteiger partial charge on any atom is 0.188 e. The standard InChI is InChI=1S/C10H14N4O3S/c11-10(13-15)9-7-8(1-2-12-9)14-3-5-18(16,17)6-4-14/h1-2,7,15H,3-6H2,(H2,11,13). The summed E-state index contributed by atoms with van der Waals surface area (Å²) in [6, 6.07) is 3.44. The minimum Gasteiger partial charge on any atom is -0.409 e. The number of oxime groups is 1. The first kappa shape index (κ1) is 12.6. The highest BCUT2D eigenvalue weighted by molar-refractivity contribution is 7.91. The molecule has 0 aromatic carbocycles. The molecule has 0 atom stereocenters. The zero-order valence-electron chi connectivity index (χ0n) is 9.65. The molecule has 1 aliphatic heterocycles. The van der Waals surface area contributed by atoms with Crippen molar-refractivity contribution in [3.05, 3.63) is 24.0 Å². The van der Waals surface area contributed by atoms with Gasteiger partial charge < -0.3 is 15.8 Å². The lowest BCUT2D eigenvalue weighted by Crippen LogP contribution is -2.40. The first-order chi connectivity index (χ1) is 8.52. The van der Waals surface area contributed by atoms with Gasteiger partial charge in [-0.1, -0.05) is 5.16 Å². The summed E-state index contributed by atoms with van der Waals surface area (Å²) in [4.78, 5) is 5.91. The number of nitrogens with zero attached hydrogens (tertiary/aromatic N) is 3. The molecule has 1 aromatic heterocycles. The molecule has 2 rings (SSSR count). The van der Waals surface area contributed by atoms with Gasteiger partial charge in [0, 0.05) is 25.0 Å². The molecular weight excluding hydrogens is 256 g/mol. The van der Waals surface area contributed by atoms with Gasteiger partial charge in [0.25, 0.3) is 0 Å². The normalized spacial score (nSPS) is 19.8. The van der Waals surface area contributed by atoms with Crippen LogP contribution >= 0.6 is 0 Å². The van der Waals surface area contributed by atoms with Gasteiger partial charge >= 0.3 is 0 Å². The second-order valence-electron chi connectivity index (χ2n) is 4.02. The Morgan fingerprint density at radius 3 is 2.72 bits per heavy atom. The van der Waals surface area contributed by atoms with Gasteiger partial charge in [0.05, 0.1) is 11.5 Å². The van der Waals surface area contributed by atoms with E-state index in [0.717, 1.165) is 5.69 Å². The third kappa shape index (κ3) is 2.70. The van der Waals surface area contributed by atoms with Crippen LogP contribution < -0.4 is 10.6 Å². The van der Waals surface area contributed by atoms with Crippen LogP contribution in [-0.2, 0) is 9.84 Å². The predicted octanol–water partition coefficient (Wildman–Crippen LogP) is -0.589. The molecule has 0 radical (unpaired) electrons. The molecule has 2 heterocycles. The SMILES string of the molecule is NC(=NO)c1cc(N2CCS(=O)(=O)CC2)ccn1. The maximum absolute atomic E-state index is 11.3. The van der Waals surface area contributed by atoms with E-state index in [0.29, 0.717) is 18.8 Å². The number of hydrogen-bond acceptors (Lipinski definition) is 6. The Hall–Kier alpha value is -1.83. The number of hydrogen-bond donors (Lipinski definition) is 2. The largest absolute Gasteiger partial charge is 0.409 e. The van der Waals surface area contributed by atoms with Gasteiger partial charge in [-0.25, -0.2) is 8.42 Å². The molecule has 1 aliphatic rings. The molecule has 0 spiro atoms. The van der Waals surface area contributed by atoms with E-state index < -0.39 is 9.84 Å². The van der Waals surface area contributed by atoms with Crippen molar-refractivity contribution in [2.75, 3.05) is 29.5 Å². The smallest absolute Gasteiger partial charge is 0.188 e. The van der Waals surface area contributed by atoms with E-state index in [-0.39, 0.29) is 17.3 Å². The average Bonchev–Trinajstić information content (AvgIpc) is 2.38. The van der Waals surface area contributed by atoms with Gasteiger partial charge in [-0.05, 0) is 12.1 Å². The lowest BCUT2D eigenvalue weighted by Gasteiger charge is -2.28. The Morgan fingerprint density at radius 2 is 2.11 bits per heavy atom. The van der Waals surface area contributed by atoms with Gasteiger partial charge in [0.1, 0.15) is 5.69 Å². The summed E-state index contributed by atoms with van der Waals surface area (Å²) >= 11 is 0. The summed E-state index contributed by atoms with van der Waals surface area (Å²) in [5, 5.41) is 11.5. The zero-order chi connectivity index (χ0) is 13.2. The average molecular weight is 270 g/mol. The molecular formula is C10H14N4O3S. The van der Waals surface area contributed by atoms with E-state index >= 15 is 0 Å². The first-order valence-electron chi connectivity index (χ1n) is 5.41. The number of sulfone groups is 1. The van der Waals surface area contributed by atoms with Gasteiger partial charge in [-0.15, -0.1) is 0 Å². The molecule has 0 amide bonds. The minimum atomic E-state index is -2.90. The Labute approximate surface area is 105 Å². The topological polar surface area (TPSA) is 109 Å². The summed E-state index contributed by atoms with van der Waals surface area (Å²) in [5.74, 6) is 0.226. The van der Waals surface area contributed by atoms with Crippen LogP contribution in [0, 0.1) is 0 Å². The van der Waals surface area contributed by atoms with Gasteiger partial charge in [0.2, 0.25) is 0 Å². The Balaban J connectivity index is 2.20. The second kappa shape index (κ2) is 4.81. The molecule has 0 aliphatic carbocycles. The van der Waals surface area contributed by atoms with Gasteiger partial charge in [0.15, 0.2) is 15.7 Å². The fourth-order valence-electron chi connectivity index (χ4n) is 1.78. The van der Waals surface area contributed by atoms with Crippen molar-refractivity contribution in [1.29, 1.82) is 0 Å². The lowest BCUT2D eigenvalue weighted by molar-refractivity contribution is 0.318. The number of rotatable bonds is 2. The third-order valence-electron chi connectivity index (χ3n) is 2.82. The highest BCUT2D eigenvalue weighted by Crippen LogP contribution is 2.17. The fraction of sp³-hybridized carbons (Fsp3) is 0.400. The van der Waals surface area contributed by atoms with Crippen molar-refractivity contribution in [2.24, 2.45) is 10.9 Å². The first-order valence-corrected chi connectivity index (χ1v) is 7.23. The molecule has 18 heavy (non-hydrogen) atoms. The van der Waals surface area contributed by atoms with Crippen molar-refractivity contribution in [3.63, 3.8) is 0 Å². The maximum atomic E-state index is 11.3. The van der Waals surface area contributed by atoms with Crippen LogP contribution in [0.2, 0.25) is 0 Å². The molecule has 1 saturated heterocycles. The van der Waals surface area contributed by atoms with Gasteiger partial charge in [-0.2, -0.15) is 0 Å². The Morgan fingerprint density at radius 1 is 1.44 bits per heavy atom. The van der Waals surface area contributed by atoms with E-state index in [2.05, 4.69) is 10.1 Å². The van der Waals surface area contributed by atoms with E-state index in [9.17, 15) is 8.42 Å². The van der Waals surface area contributed by atoms with Crippen molar-refractivity contribution in [3.8, 4) is 0 Å². The molecule has 7 nitrogen and oxygen atoms in total. The van der Waals surface area contributed by atoms with Crippen LogP contribution in [0.5, 0.6) is 0 Å². The van der Waals surface area contributed by atoms with Crippen LogP contribution in [0.1, 0.15) is 5.69 Å². The van der Waals surface area contributed by atoms with Crippen LogP contribution in [0.15, 0.2) is 23.5 Å². The van der Waals surface area contributed by atoms with E-state index in [1.54, 1.807) is 18.3 Å². The minimum absolute atomic E-state index is 0.0681. The third-order valence-corrected chi connectivity index (χ3v) is 4.43. The predicted molar refractivity (Wildman–Crippen MR) is 67.6 cm³/mol. The molecule has 0 unspecified atom stereocenters. The van der Waals surface area contributed by atoms with Crippen LogP contribution in [-0.4, -0.2) is 49.0 Å². The summed E-state index contributed by atoms with van der Waals surface area (Å²) in [7, 11) is -2.90. The molecule has 1 fully saturated rings. The zero-order valence-corrected chi connectivity index (χ0v) is 10.5. The van der Waals surface area contributed by atoms with Crippen LogP contribution in [0.3, 0.4) is 0 Å². The fourth-order valence-corrected chi connectivity index (χ4v) is 2.98. The van der Waals surface area contributed by atoms with Crippen LogP contribution in [0.4, 0.5) is 5.69 Å². The molecule has 3 N–H and O–H groups in total.